The first kappa shape index (κ1) is 27.6. The molecule has 1 N–H and O–H groups in total. The second kappa shape index (κ2) is 11.6. The van der Waals surface area contributed by atoms with Gasteiger partial charge in [-0.25, -0.2) is 9.07 Å². The SMILES string of the molecule is Cc1c(NC(=O)C(C)N(C)Cc2ccc(Br)cc2Oc2ccc(F)c(Cl)c2)c(=O)n(-c2ccccc2)n1C. The fourth-order valence-corrected chi connectivity index (χ4v) is 4.48. The van der Waals surface area contributed by atoms with Crippen molar-refractivity contribution in [3.63, 3.8) is 0 Å². The summed E-state index contributed by atoms with van der Waals surface area (Å²) in [6.45, 7) is 3.93. The van der Waals surface area contributed by atoms with Gasteiger partial charge in [0.25, 0.3) is 5.56 Å². The Morgan fingerprint density at radius 1 is 1.16 bits per heavy atom. The first-order valence-electron chi connectivity index (χ1n) is 11.8. The van der Waals surface area contributed by atoms with E-state index in [2.05, 4.69) is 21.2 Å². The zero-order chi connectivity index (χ0) is 27.6. The number of aromatic nitrogens is 2. The summed E-state index contributed by atoms with van der Waals surface area (Å²) >= 11 is 9.36. The van der Waals surface area contributed by atoms with Crippen molar-refractivity contribution in [2.24, 2.45) is 7.05 Å². The lowest BCUT2D eigenvalue weighted by molar-refractivity contribution is -0.120. The molecule has 0 aliphatic rings. The summed E-state index contributed by atoms with van der Waals surface area (Å²) in [5.41, 5.74) is 2.09. The molecule has 0 saturated heterocycles. The second-order valence-electron chi connectivity index (χ2n) is 8.95. The summed E-state index contributed by atoms with van der Waals surface area (Å²) in [5.74, 6) is 0.0743. The number of amides is 1. The van der Waals surface area contributed by atoms with Crippen molar-refractivity contribution in [2.75, 3.05) is 12.4 Å². The molecule has 0 bridgehead atoms. The van der Waals surface area contributed by atoms with Gasteiger partial charge in [-0.05, 0) is 57.3 Å². The van der Waals surface area contributed by atoms with Gasteiger partial charge in [0, 0.05) is 29.7 Å². The van der Waals surface area contributed by atoms with Gasteiger partial charge in [-0.1, -0.05) is 51.8 Å². The van der Waals surface area contributed by atoms with Crippen LogP contribution in [0, 0.1) is 12.7 Å². The highest BCUT2D eigenvalue weighted by molar-refractivity contribution is 9.10. The van der Waals surface area contributed by atoms with E-state index in [-0.39, 0.29) is 22.2 Å². The molecule has 198 valence electrons. The number of carbonyl (C=O) groups is 1. The Hall–Kier alpha value is -3.40. The lowest BCUT2D eigenvalue weighted by Crippen LogP contribution is -2.40. The van der Waals surface area contributed by atoms with E-state index in [0.29, 0.717) is 29.4 Å². The van der Waals surface area contributed by atoms with Gasteiger partial charge in [0.2, 0.25) is 5.91 Å². The van der Waals surface area contributed by atoms with E-state index < -0.39 is 11.9 Å². The number of likely N-dealkylation sites (N-methyl/N-ethyl adjacent to an activating group) is 1. The van der Waals surface area contributed by atoms with Gasteiger partial charge in [-0.3, -0.25) is 19.2 Å². The van der Waals surface area contributed by atoms with Gasteiger partial charge in [0.1, 0.15) is 23.0 Å². The molecule has 0 spiro atoms. The maximum Gasteiger partial charge on any atom is 0.295 e. The molecule has 4 rings (SSSR count). The monoisotopic (exact) mass is 600 g/mol. The van der Waals surface area contributed by atoms with Crippen molar-refractivity contribution in [3.05, 3.63) is 104 Å². The number of benzene rings is 3. The highest BCUT2D eigenvalue weighted by Crippen LogP contribution is 2.31. The summed E-state index contributed by atoms with van der Waals surface area (Å²) in [4.78, 5) is 28.2. The number of rotatable bonds is 8. The smallest absolute Gasteiger partial charge is 0.295 e. The van der Waals surface area contributed by atoms with E-state index in [0.717, 1.165) is 10.0 Å². The number of nitrogens with one attached hydrogen (secondary N) is 1. The van der Waals surface area contributed by atoms with E-state index in [1.54, 1.807) is 31.6 Å². The molecule has 0 radical (unpaired) electrons. The van der Waals surface area contributed by atoms with Crippen molar-refractivity contribution < 1.29 is 13.9 Å². The number of ether oxygens (including phenoxy) is 1. The number of nitrogens with zero attached hydrogens (tertiary/aromatic N) is 3. The molecule has 0 saturated carbocycles. The van der Waals surface area contributed by atoms with E-state index in [9.17, 15) is 14.0 Å². The van der Waals surface area contributed by atoms with Crippen LogP contribution in [-0.2, 0) is 18.4 Å². The quantitative estimate of drug-likeness (QED) is 0.258. The molecule has 1 heterocycles. The van der Waals surface area contributed by atoms with Gasteiger partial charge in [0.15, 0.2) is 0 Å². The predicted octanol–water partition coefficient (Wildman–Crippen LogP) is 6.29. The Labute approximate surface area is 233 Å². The summed E-state index contributed by atoms with van der Waals surface area (Å²) in [6, 6.07) is 18.4. The molecule has 1 amide bonds. The number of hydrogen-bond acceptors (Lipinski definition) is 4. The molecule has 3 aromatic carbocycles. The number of hydrogen-bond donors (Lipinski definition) is 1. The Balaban J connectivity index is 1.52. The zero-order valence-electron chi connectivity index (χ0n) is 21.3. The van der Waals surface area contributed by atoms with Crippen molar-refractivity contribution in [2.45, 2.75) is 26.4 Å². The fourth-order valence-electron chi connectivity index (χ4n) is 3.97. The van der Waals surface area contributed by atoms with Gasteiger partial charge in [-0.15, -0.1) is 0 Å². The highest BCUT2D eigenvalue weighted by atomic mass is 79.9. The minimum atomic E-state index is -0.573. The van der Waals surface area contributed by atoms with E-state index in [4.69, 9.17) is 16.3 Å². The van der Waals surface area contributed by atoms with Crippen LogP contribution in [-0.4, -0.2) is 33.3 Å². The highest BCUT2D eigenvalue weighted by Gasteiger charge is 2.24. The summed E-state index contributed by atoms with van der Waals surface area (Å²) < 4.78 is 23.6. The Morgan fingerprint density at radius 2 is 1.87 bits per heavy atom. The largest absolute Gasteiger partial charge is 0.457 e. The van der Waals surface area contributed by atoms with E-state index >= 15 is 0 Å². The minimum absolute atomic E-state index is 0.0380. The molecule has 0 aliphatic carbocycles. The molecule has 4 aromatic rings. The third kappa shape index (κ3) is 5.85. The lowest BCUT2D eigenvalue weighted by Gasteiger charge is -2.25. The standard InChI is InChI=1S/C28H27BrClFN4O3/c1-17-26(28(37)35(34(17)4)21-8-6-5-7-9-21)32-27(36)18(2)33(3)16-19-10-11-20(29)14-25(19)38-22-12-13-24(31)23(30)15-22/h5-15,18H,16H2,1-4H3,(H,32,36). The van der Waals surface area contributed by atoms with Gasteiger partial charge < -0.3 is 10.1 Å². The van der Waals surface area contributed by atoms with Gasteiger partial charge >= 0.3 is 0 Å². The average Bonchev–Trinajstić information content (AvgIpc) is 3.10. The third-order valence-electron chi connectivity index (χ3n) is 6.41. The topological polar surface area (TPSA) is 68.5 Å². The first-order chi connectivity index (χ1) is 18.1. The number of para-hydroxylation sites is 1. The molecule has 7 nitrogen and oxygen atoms in total. The number of carbonyl (C=O) groups excluding carboxylic acids is 1. The van der Waals surface area contributed by atoms with Crippen LogP contribution in [0.4, 0.5) is 10.1 Å². The molecular weight excluding hydrogens is 575 g/mol. The molecule has 38 heavy (non-hydrogen) atoms. The van der Waals surface area contributed by atoms with Crippen LogP contribution in [0.1, 0.15) is 18.2 Å². The Morgan fingerprint density at radius 3 is 2.55 bits per heavy atom. The molecule has 0 aliphatic heterocycles. The number of anilines is 1. The summed E-state index contributed by atoms with van der Waals surface area (Å²) in [6.07, 6.45) is 0. The number of halogens is 3. The average molecular weight is 602 g/mol. The van der Waals surface area contributed by atoms with Crippen molar-refractivity contribution in [1.29, 1.82) is 0 Å². The summed E-state index contributed by atoms with van der Waals surface area (Å²) in [7, 11) is 3.59. The van der Waals surface area contributed by atoms with E-state index in [1.807, 2.05) is 54.4 Å². The second-order valence-corrected chi connectivity index (χ2v) is 10.3. The van der Waals surface area contributed by atoms with Crippen LogP contribution < -0.4 is 15.6 Å². The molecule has 0 fully saturated rings. The predicted molar refractivity (Wildman–Crippen MR) is 151 cm³/mol. The van der Waals surface area contributed by atoms with Crippen LogP contribution in [0.5, 0.6) is 11.5 Å². The van der Waals surface area contributed by atoms with Crippen LogP contribution >= 0.6 is 27.5 Å². The van der Waals surface area contributed by atoms with Gasteiger partial charge in [0.05, 0.1) is 22.4 Å². The maximum atomic E-state index is 13.6. The first-order valence-corrected chi connectivity index (χ1v) is 13.0. The Bertz CT molecular complexity index is 1540. The lowest BCUT2D eigenvalue weighted by atomic mass is 10.1. The van der Waals surface area contributed by atoms with Crippen molar-refractivity contribution >= 4 is 39.1 Å². The van der Waals surface area contributed by atoms with Crippen LogP contribution in [0.3, 0.4) is 0 Å². The van der Waals surface area contributed by atoms with Crippen LogP contribution in [0.2, 0.25) is 5.02 Å². The maximum absolute atomic E-state index is 13.6. The molecule has 1 atom stereocenters. The van der Waals surface area contributed by atoms with Crippen molar-refractivity contribution in [1.82, 2.24) is 14.3 Å². The van der Waals surface area contributed by atoms with Gasteiger partial charge in [-0.2, -0.15) is 0 Å². The molecule has 1 aromatic heterocycles. The minimum Gasteiger partial charge on any atom is -0.457 e. The molecular formula is C28H27BrClFN4O3. The van der Waals surface area contributed by atoms with Crippen LogP contribution in [0.15, 0.2) is 76.0 Å². The molecule has 1 unspecified atom stereocenters. The fraction of sp³-hybridized carbons (Fsp3) is 0.214. The van der Waals surface area contributed by atoms with E-state index in [1.165, 1.54) is 22.9 Å². The third-order valence-corrected chi connectivity index (χ3v) is 7.19. The normalized spacial score (nSPS) is 12.0. The van der Waals surface area contributed by atoms with Crippen molar-refractivity contribution in [3.8, 4) is 17.2 Å². The zero-order valence-corrected chi connectivity index (χ0v) is 23.7. The summed E-state index contributed by atoms with van der Waals surface area (Å²) in [5, 5.41) is 2.79. The Kier molecular flexibility index (Phi) is 8.40. The molecule has 10 heteroatoms. The van der Waals surface area contributed by atoms with Crippen LogP contribution in [0.25, 0.3) is 5.69 Å².